The standard InChI is InChI=1S/C18H20N4O5/c1-9-3-13-14(4-10(9)2)22(6-11(23)5-12-7-26-8-27-12)16-15(19-13)17(24)21-18(25)20-16/h3-4,11-12,23H,5-8H2,1-2H3,(H,21,24,25). The minimum absolute atomic E-state index is 0.0676. The number of nitrogens with zero attached hydrogens (tertiary/aromatic N) is 3. The minimum Gasteiger partial charge on any atom is -0.391 e. The second-order valence-electron chi connectivity index (χ2n) is 6.86. The van der Waals surface area contributed by atoms with E-state index in [1.807, 2.05) is 26.0 Å². The predicted octanol–water partition coefficient (Wildman–Crippen LogP) is 0.325. The summed E-state index contributed by atoms with van der Waals surface area (Å²) in [4.78, 5) is 34.5. The van der Waals surface area contributed by atoms with Gasteiger partial charge < -0.3 is 19.1 Å². The van der Waals surface area contributed by atoms with Gasteiger partial charge in [0, 0.05) is 6.42 Å². The molecule has 2 atom stereocenters. The first-order chi connectivity index (χ1) is 12.9. The van der Waals surface area contributed by atoms with Gasteiger partial charge in [0.15, 0.2) is 11.5 Å². The van der Waals surface area contributed by atoms with Crippen molar-refractivity contribution >= 4 is 11.0 Å². The highest BCUT2D eigenvalue weighted by atomic mass is 16.7. The zero-order chi connectivity index (χ0) is 19.1. The van der Waals surface area contributed by atoms with Crippen LogP contribution >= 0.6 is 0 Å². The zero-order valence-electron chi connectivity index (χ0n) is 15.1. The first kappa shape index (κ1) is 17.8. The number of hydrogen-bond acceptors (Lipinski definition) is 7. The molecule has 3 aliphatic rings. The molecule has 3 heterocycles. The Morgan fingerprint density at radius 1 is 1.30 bits per heavy atom. The van der Waals surface area contributed by atoms with E-state index in [4.69, 9.17) is 9.47 Å². The number of rotatable bonds is 4. The van der Waals surface area contributed by atoms with Gasteiger partial charge in [-0.15, -0.1) is 0 Å². The highest BCUT2D eigenvalue weighted by Gasteiger charge is 2.24. The van der Waals surface area contributed by atoms with Crippen LogP contribution in [0.4, 0.5) is 0 Å². The van der Waals surface area contributed by atoms with Crippen molar-refractivity contribution in [2.75, 3.05) is 13.4 Å². The van der Waals surface area contributed by atoms with E-state index in [1.54, 1.807) is 4.57 Å². The van der Waals surface area contributed by atoms with Crippen molar-refractivity contribution in [3.63, 3.8) is 0 Å². The van der Waals surface area contributed by atoms with E-state index < -0.39 is 17.4 Å². The Balaban J connectivity index is 1.87. The maximum Gasteiger partial charge on any atom is 0.349 e. The Hall–Kier alpha value is -2.62. The molecule has 1 aromatic carbocycles. The second kappa shape index (κ2) is 6.84. The minimum atomic E-state index is -0.770. The number of aryl methyl sites for hydroxylation is 2. The monoisotopic (exact) mass is 372 g/mol. The van der Waals surface area contributed by atoms with Crippen LogP contribution in [0, 0.1) is 13.8 Å². The van der Waals surface area contributed by atoms with Gasteiger partial charge in [-0.2, -0.15) is 4.98 Å². The number of aliphatic hydroxyl groups is 1. The van der Waals surface area contributed by atoms with Crippen LogP contribution in [0.5, 0.6) is 0 Å². The highest BCUT2D eigenvalue weighted by Crippen LogP contribution is 2.24. The lowest BCUT2D eigenvalue weighted by Gasteiger charge is -2.21. The summed E-state index contributed by atoms with van der Waals surface area (Å²) in [6, 6.07) is 3.80. The maximum absolute atomic E-state index is 12.2. The van der Waals surface area contributed by atoms with Gasteiger partial charge in [-0.1, -0.05) is 0 Å². The average Bonchev–Trinajstić information content (AvgIpc) is 3.10. The second-order valence-corrected chi connectivity index (χ2v) is 6.86. The summed E-state index contributed by atoms with van der Waals surface area (Å²) in [5, 5.41) is 10.6. The Labute approximate surface area is 153 Å². The van der Waals surface area contributed by atoms with Gasteiger partial charge in [0.25, 0.3) is 5.56 Å². The number of nitrogens with one attached hydrogen (secondary N) is 1. The quantitative estimate of drug-likeness (QED) is 0.633. The fourth-order valence-electron chi connectivity index (χ4n) is 3.33. The number of aromatic nitrogens is 4. The van der Waals surface area contributed by atoms with E-state index in [0.29, 0.717) is 24.1 Å². The smallest absolute Gasteiger partial charge is 0.349 e. The molecule has 2 unspecified atom stereocenters. The lowest BCUT2D eigenvalue weighted by atomic mass is 10.1. The Morgan fingerprint density at radius 3 is 2.81 bits per heavy atom. The highest BCUT2D eigenvalue weighted by molar-refractivity contribution is 5.81. The molecule has 1 fully saturated rings. The molecule has 0 aromatic heterocycles. The molecular weight excluding hydrogens is 352 g/mol. The van der Waals surface area contributed by atoms with Gasteiger partial charge in [-0.05, 0) is 37.1 Å². The third-order valence-corrected chi connectivity index (χ3v) is 4.84. The molecule has 0 radical (unpaired) electrons. The van der Waals surface area contributed by atoms with Crippen molar-refractivity contribution in [1.29, 1.82) is 0 Å². The molecule has 9 nitrogen and oxygen atoms in total. The van der Waals surface area contributed by atoms with Gasteiger partial charge in [0.05, 0.1) is 36.4 Å². The zero-order valence-corrected chi connectivity index (χ0v) is 15.1. The van der Waals surface area contributed by atoms with E-state index in [9.17, 15) is 14.7 Å². The van der Waals surface area contributed by atoms with Crippen LogP contribution in [-0.2, 0) is 16.0 Å². The first-order valence-electron chi connectivity index (χ1n) is 8.71. The van der Waals surface area contributed by atoms with E-state index >= 15 is 0 Å². The Morgan fingerprint density at radius 2 is 2.07 bits per heavy atom. The topological polar surface area (TPSA) is 119 Å². The number of H-pyrrole nitrogens is 1. The van der Waals surface area contributed by atoms with Gasteiger partial charge in [-0.25, -0.2) is 9.78 Å². The van der Waals surface area contributed by atoms with E-state index in [-0.39, 0.29) is 31.0 Å². The number of hydrogen-bond donors (Lipinski definition) is 2. The molecule has 0 aliphatic carbocycles. The molecule has 0 spiro atoms. The van der Waals surface area contributed by atoms with E-state index in [1.165, 1.54) is 0 Å². The lowest BCUT2D eigenvalue weighted by Crippen LogP contribution is -2.31. The molecule has 0 saturated carbocycles. The van der Waals surface area contributed by atoms with Gasteiger partial charge >= 0.3 is 5.69 Å². The molecule has 9 heteroatoms. The number of ether oxygens (including phenoxy) is 2. The molecule has 27 heavy (non-hydrogen) atoms. The van der Waals surface area contributed by atoms with E-state index in [2.05, 4.69) is 15.0 Å². The summed E-state index contributed by atoms with van der Waals surface area (Å²) in [6.45, 7) is 4.73. The molecular formula is C18H20N4O5. The number of aromatic amines is 1. The lowest BCUT2D eigenvalue weighted by molar-refractivity contribution is 0.0248. The largest absolute Gasteiger partial charge is 0.391 e. The SMILES string of the molecule is Cc1cc2nc3c(=O)[nH]c(=O)nc-3n(CC(O)CC3COCO3)c2cc1C. The van der Waals surface area contributed by atoms with Crippen LogP contribution in [0.1, 0.15) is 17.5 Å². The van der Waals surface area contributed by atoms with Crippen molar-refractivity contribution in [3.05, 3.63) is 44.1 Å². The molecule has 4 rings (SSSR count). The van der Waals surface area contributed by atoms with Gasteiger partial charge in [-0.3, -0.25) is 9.78 Å². The normalized spacial score (nSPS) is 18.4. The molecule has 3 aliphatic heterocycles. The van der Waals surface area contributed by atoms with Crippen LogP contribution in [0.15, 0.2) is 21.7 Å². The van der Waals surface area contributed by atoms with Crippen LogP contribution in [0.2, 0.25) is 0 Å². The van der Waals surface area contributed by atoms with Gasteiger partial charge in [0.2, 0.25) is 0 Å². The van der Waals surface area contributed by atoms with Crippen LogP contribution in [-0.4, -0.2) is 50.2 Å². The summed E-state index contributed by atoms with van der Waals surface area (Å²) in [5.41, 5.74) is 2.09. The fourth-order valence-corrected chi connectivity index (χ4v) is 3.33. The third kappa shape index (κ3) is 3.36. The van der Waals surface area contributed by atoms with E-state index in [0.717, 1.165) is 11.1 Å². The number of aliphatic hydroxyl groups excluding tert-OH is 1. The third-order valence-electron chi connectivity index (χ3n) is 4.84. The molecule has 2 N–H and O–H groups in total. The van der Waals surface area contributed by atoms with Crippen LogP contribution < -0.4 is 11.2 Å². The van der Waals surface area contributed by atoms with Crippen molar-refractivity contribution in [2.45, 2.75) is 39.0 Å². The average molecular weight is 372 g/mol. The molecule has 142 valence electrons. The van der Waals surface area contributed by atoms with Crippen molar-refractivity contribution in [3.8, 4) is 11.5 Å². The van der Waals surface area contributed by atoms with Gasteiger partial charge in [0.1, 0.15) is 6.79 Å². The molecule has 0 amide bonds. The predicted molar refractivity (Wildman–Crippen MR) is 96.8 cm³/mol. The summed E-state index contributed by atoms with van der Waals surface area (Å²) >= 11 is 0. The summed E-state index contributed by atoms with van der Waals surface area (Å²) in [7, 11) is 0. The van der Waals surface area contributed by atoms with Crippen molar-refractivity contribution < 1.29 is 14.6 Å². The number of benzene rings is 1. The molecule has 1 saturated heterocycles. The Bertz CT molecular complexity index is 1080. The van der Waals surface area contributed by atoms with Crippen molar-refractivity contribution in [2.24, 2.45) is 0 Å². The molecule has 0 bridgehead atoms. The summed E-state index contributed by atoms with van der Waals surface area (Å²) in [6.07, 6.45) is -0.583. The van der Waals surface area contributed by atoms with Crippen LogP contribution in [0.25, 0.3) is 22.6 Å². The fraction of sp³-hybridized carbons (Fsp3) is 0.444. The van der Waals surface area contributed by atoms with Crippen molar-refractivity contribution in [1.82, 2.24) is 19.5 Å². The summed E-state index contributed by atoms with van der Waals surface area (Å²) < 4.78 is 12.2. The van der Waals surface area contributed by atoms with Crippen LogP contribution in [0.3, 0.4) is 0 Å². The Kier molecular flexibility index (Phi) is 4.50. The molecule has 1 aromatic rings. The maximum atomic E-state index is 12.2. The first-order valence-corrected chi connectivity index (χ1v) is 8.71. The summed E-state index contributed by atoms with van der Waals surface area (Å²) in [5.74, 6) is 0.155. The number of fused-ring (bicyclic) bond motifs is 2.